The van der Waals surface area contributed by atoms with Gasteiger partial charge in [0.1, 0.15) is 6.26 Å². The quantitative estimate of drug-likeness (QED) is 0.538. The summed E-state index contributed by atoms with van der Waals surface area (Å²) in [5.41, 5.74) is 5.85. The van der Waals surface area contributed by atoms with Crippen molar-refractivity contribution in [2.75, 3.05) is 11.6 Å². The van der Waals surface area contributed by atoms with Crippen molar-refractivity contribution in [3.8, 4) is 11.5 Å². The average molecular weight is 166 g/mol. The summed E-state index contributed by atoms with van der Waals surface area (Å²) >= 11 is 0. The van der Waals surface area contributed by atoms with Gasteiger partial charge in [0.2, 0.25) is 11.8 Å². The third kappa shape index (κ3) is 0.797. The third-order valence-corrected chi connectivity index (χ3v) is 1.39. The van der Waals surface area contributed by atoms with E-state index in [9.17, 15) is 0 Å². The summed E-state index contributed by atoms with van der Waals surface area (Å²) in [5, 5.41) is 10.9. The summed E-state index contributed by atoms with van der Waals surface area (Å²) in [4.78, 5) is 0. The molecule has 0 saturated carbocycles. The first-order chi connectivity index (χ1) is 5.79. The van der Waals surface area contributed by atoms with E-state index in [1.54, 1.807) is 6.07 Å². The molecule has 7 heteroatoms. The van der Waals surface area contributed by atoms with Gasteiger partial charge in [0.15, 0.2) is 5.69 Å². The van der Waals surface area contributed by atoms with Gasteiger partial charge in [-0.05, 0) is 0 Å². The van der Waals surface area contributed by atoms with Crippen molar-refractivity contribution in [1.82, 2.24) is 20.0 Å². The standard InChI is InChI=1S/C5H6N6O/c6-5-9-8-4(11(5)7)3-1-2-12-10-3/h1-2H,7H2,(H2,6,9). The number of nitrogen functional groups attached to an aromatic ring is 2. The molecule has 0 aliphatic heterocycles. The molecule has 0 fully saturated rings. The van der Waals surface area contributed by atoms with E-state index in [0.717, 1.165) is 4.68 Å². The lowest BCUT2D eigenvalue weighted by atomic mass is 10.4. The highest BCUT2D eigenvalue weighted by Gasteiger charge is 2.10. The number of rotatable bonds is 1. The highest BCUT2D eigenvalue weighted by molar-refractivity contribution is 5.50. The fraction of sp³-hybridized carbons (Fsp3) is 0. The van der Waals surface area contributed by atoms with E-state index < -0.39 is 0 Å². The van der Waals surface area contributed by atoms with Crippen molar-refractivity contribution in [3.05, 3.63) is 12.3 Å². The molecule has 2 heterocycles. The first-order valence-electron chi connectivity index (χ1n) is 3.16. The largest absolute Gasteiger partial charge is 0.366 e. The van der Waals surface area contributed by atoms with Gasteiger partial charge in [0.25, 0.3) is 0 Å². The number of aromatic nitrogens is 4. The molecule has 2 aromatic rings. The molecule has 0 amide bonds. The lowest BCUT2D eigenvalue weighted by molar-refractivity contribution is 0.421. The maximum absolute atomic E-state index is 5.48. The van der Waals surface area contributed by atoms with E-state index in [1.165, 1.54) is 6.26 Å². The Bertz CT molecular complexity index is 377. The summed E-state index contributed by atoms with van der Waals surface area (Å²) < 4.78 is 5.74. The molecular weight excluding hydrogens is 160 g/mol. The van der Waals surface area contributed by atoms with Crippen LogP contribution in [0.25, 0.3) is 11.5 Å². The van der Waals surface area contributed by atoms with Crippen LogP contribution in [0, 0.1) is 0 Å². The minimum Gasteiger partial charge on any atom is -0.366 e. The van der Waals surface area contributed by atoms with E-state index in [0.29, 0.717) is 11.5 Å². The van der Waals surface area contributed by atoms with Crippen LogP contribution in [0.15, 0.2) is 16.9 Å². The fourth-order valence-corrected chi connectivity index (χ4v) is 0.806. The SMILES string of the molecule is Nc1nnc(-c2ccon2)n1N. The first kappa shape index (κ1) is 6.65. The van der Waals surface area contributed by atoms with Crippen LogP contribution in [0.3, 0.4) is 0 Å². The van der Waals surface area contributed by atoms with Gasteiger partial charge < -0.3 is 16.1 Å². The molecule has 0 aliphatic carbocycles. The molecule has 62 valence electrons. The molecule has 4 N–H and O–H groups in total. The number of nitrogens with two attached hydrogens (primary N) is 2. The van der Waals surface area contributed by atoms with Crippen LogP contribution < -0.4 is 11.6 Å². The van der Waals surface area contributed by atoms with E-state index >= 15 is 0 Å². The van der Waals surface area contributed by atoms with Crippen LogP contribution in [-0.4, -0.2) is 20.0 Å². The zero-order chi connectivity index (χ0) is 8.55. The van der Waals surface area contributed by atoms with Crippen LogP contribution >= 0.6 is 0 Å². The van der Waals surface area contributed by atoms with Crippen LogP contribution in [0.4, 0.5) is 5.95 Å². The predicted molar refractivity (Wildman–Crippen MR) is 40.1 cm³/mol. The van der Waals surface area contributed by atoms with E-state index in [2.05, 4.69) is 19.9 Å². The smallest absolute Gasteiger partial charge is 0.241 e. The lowest BCUT2D eigenvalue weighted by Gasteiger charge is -1.94. The molecule has 12 heavy (non-hydrogen) atoms. The molecule has 0 saturated heterocycles. The summed E-state index contributed by atoms with van der Waals surface area (Å²) in [5.74, 6) is 5.99. The molecule has 0 bridgehead atoms. The minimum atomic E-state index is 0.132. The Morgan fingerprint density at radius 3 is 2.75 bits per heavy atom. The van der Waals surface area contributed by atoms with Crippen molar-refractivity contribution >= 4 is 5.95 Å². The fourth-order valence-electron chi connectivity index (χ4n) is 0.806. The number of hydrogen-bond acceptors (Lipinski definition) is 6. The Morgan fingerprint density at radius 1 is 1.42 bits per heavy atom. The van der Waals surface area contributed by atoms with Gasteiger partial charge in [-0.15, -0.1) is 10.2 Å². The van der Waals surface area contributed by atoms with Gasteiger partial charge in [-0.3, -0.25) is 0 Å². The maximum atomic E-state index is 5.48. The molecule has 0 aromatic carbocycles. The second kappa shape index (κ2) is 2.22. The van der Waals surface area contributed by atoms with Gasteiger partial charge in [-0.2, -0.15) is 0 Å². The van der Waals surface area contributed by atoms with Crippen molar-refractivity contribution in [2.45, 2.75) is 0 Å². The minimum absolute atomic E-state index is 0.132. The Labute approximate surface area is 66.9 Å². The van der Waals surface area contributed by atoms with E-state index in [4.69, 9.17) is 11.6 Å². The van der Waals surface area contributed by atoms with E-state index in [1.807, 2.05) is 0 Å². The summed E-state index contributed by atoms with van der Waals surface area (Å²) in [6.07, 6.45) is 1.42. The highest BCUT2D eigenvalue weighted by atomic mass is 16.5. The van der Waals surface area contributed by atoms with Gasteiger partial charge in [0, 0.05) is 6.07 Å². The zero-order valence-electron chi connectivity index (χ0n) is 6.01. The Hall–Kier alpha value is -2.05. The normalized spacial score (nSPS) is 10.3. The van der Waals surface area contributed by atoms with Crippen LogP contribution in [-0.2, 0) is 0 Å². The Balaban J connectivity index is 2.55. The van der Waals surface area contributed by atoms with Crippen LogP contribution in [0.2, 0.25) is 0 Å². The van der Waals surface area contributed by atoms with Gasteiger partial charge in [0.05, 0.1) is 0 Å². The third-order valence-electron chi connectivity index (χ3n) is 1.39. The highest BCUT2D eigenvalue weighted by Crippen LogP contribution is 2.13. The molecule has 7 nitrogen and oxygen atoms in total. The van der Waals surface area contributed by atoms with Crippen molar-refractivity contribution in [2.24, 2.45) is 0 Å². The molecule has 0 atom stereocenters. The monoisotopic (exact) mass is 166 g/mol. The molecule has 2 rings (SSSR count). The maximum Gasteiger partial charge on any atom is 0.241 e. The topological polar surface area (TPSA) is 109 Å². The zero-order valence-corrected chi connectivity index (χ0v) is 6.01. The summed E-state index contributed by atoms with van der Waals surface area (Å²) in [7, 11) is 0. The van der Waals surface area contributed by atoms with Crippen molar-refractivity contribution in [3.63, 3.8) is 0 Å². The summed E-state index contributed by atoms with van der Waals surface area (Å²) in [6.45, 7) is 0. The molecule has 0 radical (unpaired) electrons. The number of nitrogens with zero attached hydrogens (tertiary/aromatic N) is 4. The second-order valence-corrected chi connectivity index (χ2v) is 2.14. The molecule has 0 unspecified atom stereocenters. The summed E-state index contributed by atoms with van der Waals surface area (Å²) in [6, 6.07) is 1.62. The lowest BCUT2D eigenvalue weighted by Crippen LogP contribution is -2.13. The average Bonchev–Trinajstić information content (AvgIpc) is 2.64. The second-order valence-electron chi connectivity index (χ2n) is 2.14. The van der Waals surface area contributed by atoms with E-state index in [-0.39, 0.29) is 5.95 Å². The molecular formula is C5H6N6O. The number of anilines is 1. The molecule has 2 aromatic heterocycles. The van der Waals surface area contributed by atoms with Crippen molar-refractivity contribution < 1.29 is 4.52 Å². The predicted octanol–water partition coefficient (Wildman–Crippen LogP) is -0.771. The first-order valence-corrected chi connectivity index (χ1v) is 3.16. The molecule has 0 aliphatic rings. The number of hydrogen-bond donors (Lipinski definition) is 2. The van der Waals surface area contributed by atoms with Crippen molar-refractivity contribution in [1.29, 1.82) is 0 Å². The van der Waals surface area contributed by atoms with Crippen LogP contribution in [0.5, 0.6) is 0 Å². The van der Waals surface area contributed by atoms with Gasteiger partial charge in [-0.1, -0.05) is 5.16 Å². The molecule has 0 spiro atoms. The Morgan fingerprint density at radius 2 is 2.25 bits per heavy atom. The van der Waals surface area contributed by atoms with Gasteiger partial charge in [-0.25, -0.2) is 4.68 Å². The van der Waals surface area contributed by atoms with Gasteiger partial charge >= 0.3 is 0 Å². The Kier molecular flexibility index (Phi) is 1.23. The van der Waals surface area contributed by atoms with Crippen LogP contribution in [0.1, 0.15) is 0 Å².